The van der Waals surface area contributed by atoms with E-state index in [0.29, 0.717) is 17.4 Å². The first-order chi connectivity index (χ1) is 11.7. The Morgan fingerprint density at radius 2 is 2.04 bits per heavy atom. The molecule has 0 amide bonds. The zero-order valence-electron chi connectivity index (χ0n) is 14.0. The summed E-state index contributed by atoms with van der Waals surface area (Å²) < 4.78 is 23.4. The Kier molecular flexibility index (Phi) is 5.37. The summed E-state index contributed by atoms with van der Waals surface area (Å²) in [7, 11) is -2.19. The van der Waals surface area contributed by atoms with E-state index < -0.39 is 15.7 Å². The predicted octanol–water partition coefficient (Wildman–Crippen LogP) is 2.50. The maximum Gasteiger partial charge on any atom is 0.239 e. The number of sulfonamides is 1. The van der Waals surface area contributed by atoms with Gasteiger partial charge in [-0.1, -0.05) is 48.7 Å². The normalized spacial score (nSPS) is 27.2. The van der Waals surface area contributed by atoms with Crippen molar-refractivity contribution in [3.05, 3.63) is 28.8 Å². The number of aliphatic imine (C=N–C) groups is 1. The molecular weight excluding hydrogens is 382 g/mol. The van der Waals surface area contributed by atoms with Crippen LogP contribution in [-0.4, -0.2) is 42.4 Å². The monoisotopic (exact) mass is 403 g/mol. The van der Waals surface area contributed by atoms with Crippen molar-refractivity contribution >= 4 is 38.6 Å². The Hall–Kier alpha value is -0.800. The molecule has 0 radical (unpaired) electrons. The standard InChI is InChI=1S/C16H22ClN3O3S2/c1-20-15(19-12-5-3-2-4-6-12)24-10-16(20,21)11-7-8-13(17)14(9-11)25(18,22)23/h7-9,12,21H,2-6,10H2,1H3,(H2,18,22,23). The summed E-state index contributed by atoms with van der Waals surface area (Å²) in [6, 6.07) is 4.71. The van der Waals surface area contributed by atoms with Gasteiger partial charge in [-0.2, -0.15) is 0 Å². The molecule has 6 nitrogen and oxygen atoms in total. The van der Waals surface area contributed by atoms with Crippen LogP contribution in [0.3, 0.4) is 0 Å². The molecule has 138 valence electrons. The third-order valence-corrected chi connectivity index (χ3v) is 7.39. The molecule has 9 heteroatoms. The van der Waals surface area contributed by atoms with Gasteiger partial charge in [0, 0.05) is 12.6 Å². The molecule has 1 saturated carbocycles. The van der Waals surface area contributed by atoms with Gasteiger partial charge in [0.1, 0.15) is 4.90 Å². The number of nitrogens with zero attached hydrogens (tertiary/aromatic N) is 2. The smallest absolute Gasteiger partial charge is 0.239 e. The van der Waals surface area contributed by atoms with Gasteiger partial charge in [-0.15, -0.1) is 0 Å². The number of thioether (sulfide) groups is 1. The molecular formula is C16H22ClN3O3S2. The van der Waals surface area contributed by atoms with Gasteiger partial charge >= 0.3 is 0 Å². The van der Waals surface area contributed by atoms with Gasteiger partial charge in [0.2, 0.25) is 10.0 Å². The van der Waals surface area contributed by atoms with Crippen LogP contribution in [0.15, 0.2) is 28.1 Å². The van der Waals surface area contributed by atoms with E-state index in [2.05, 4.69) is 0 Å². The number of hydrogen-bond acceptors (Lipinski definition) is 5. The Morgan fingerprint density at radius 3 is 2.68 bits per heavy atom. The lowest BCUT2D eigenvalue weighted by molar-refractivity contribution is -0.0351. The van der Waals surface area contributed by atoms with E-state index in [4.69, 9.17) is 21.7 Å². The van der Waals surface area contributed by atoms with Crippen molar-refractivity contribution < 1.29 is 13.5 Å². The van der Waals surface area contributed by atoms with E-state index in [-0.39, 0.29) is 9.92 Å². The van der Waals surface area contributed by atoms with Crippen LogP contribution < -0.4 is 5.14 Å². The van der Waals surface area contributed by atoms with Crippen LogP contribution in [0.5, 0.6) is 0 Å². The van der Waals surface area contributed by atoms with Crippen LogP contribution in [0.25, 0.3) is 0 Å². The Bertz CT molecular complexity index is 794. The van der Waals surface area contributed by atoms with Crippen molar-refractivity contribution in [1.29, 1.82) is 0 Å². The van der Waals surface area contributed by atoms with Crippen molar-refractivity contribution in [2.24, 2.45) is 10.1 Å². The Labute approximate surface area is 157 Å². The average Bonchev–Trinajstić information content (AvgIpc) is 2.85. The van der Waals surface area contributed by atoms with Crippen molar-refractivity contribution in [1.82, 2.24) is 4.90 Å². The zero-order valence-corrected chi connectivity index (χ0v) is 16.4. The zero-order chi connectivity index (χ0) is 18.2. The molecule has 1 aliphatic heterocycles. The highest BCUT2D eigenvalue weighted by Gasteiger charge is 2.43. The molecule has 1 atom stereocenters. The van der Waals surface area contributed by atoms with Gasteiger partial charge in [-0.25, -0.2) is 13.6 Å². The van der Waals surface area contributed by atoms with E-state index in [1.54, 1.807) is 18.0 Å². The summed E-state index contributed by atoms with van der Waals surface area (Å²) >= 11 is 7.42. The highest BCUT2D eigenvalue weighted by atomic mass is 35.5. The first-order valence-corrected chi connectivity index (χ1v) is 11.1. The lowest BCUT2D eigenvalue weighted by atomic mass is 9.96. The molecule has 0 spiro atoms. The number of benzene rings is 1. The van der Waals surface area contributed by atoms with Gasteiger partial charge in [0.25, 0.3) is 0 Å². The van der Waals surface area contributed by atoms with Crippen molar-refractivity contribution in [3.8, 4) is 0 Å². The molecule has 1 heterocycles. The van der Waals surface area contributed by atoms with E-state index in [9.17, 15) is 13.5 Å². The summed E-state index contributed by atoms with van der Waals surface area (Å²) in [5.41, 5.74) is -0.910. The first kappa shape index (κ1) is 19.0. The lowest BCUT2D eigenvalue weighted by Crippen LogP contribution is -2.42. The van der Waals surface area contributed by atoms with Gasteiger partial charge in [0.15, 0.2) is 10.9 Å². The second-order valence-corrected chi connectivity index (χ2v) is 9.44. The molecule has 3 rings (SSSR count). The SMILES string of the molecule is CN1C(=NC2CCCCC2)SCC1(O)c1ccc(Cl)c(S(N)(=O)=O)c1. The summed E-state index contributed by atoms with van der Waals surface area (Å²) in [4.78, 5) is 6.33. The fourth-order valence-electron chi connectivity index (χ4n) is 3.25. The van der Waals surface area contributed by atoms with Crippen molar-refractivity contribution in [3.63, 3.8) is 0 Å². The van der Waals surface area contributed by atoms with Crippen molar-refractivity contribution in [2.75, 3.05) is 12.8 Å². The second-order valence-electron chi connectivity index (χ2n) is 6.56. The third-order valence-electron chi connectivity index (χ3n) is 4.81. The van der Waals surface area contributed by atoms with E-state index >= 15 is 0 Å². The minimum Gasteiger partial charge on any atom is -0.366 e. The molecule has 2 aliphatic rings. The predicted molar refractivity (Wildman–Crippen MR) is 101 cm³/mol. The number of hydrogen-bond donors (Lipinski definition) is 2. The Balaban J connectivity index is 1.91. The van der Waals surface area contributed by atoms with E-state index in [1.165, 1.54) is 43.2 Å². The minimum absolute atomic E-state index is 0.0410. The molecule has 1 unspecified atom stereocenters. The molecule has 0 aromatic heterocycles. The van der Waals surface area contributed by atoms with Crippen LogP contribution >= 0.6 is 23.4 Å². The lowest BCUT2D eigenvalue weighted by Gasteiger charge is -2.32. The molecule has 25 heavy (non-hydrogen) atoms. The van der Waals surface area contributed by atoms with Crippen LogP contribution in [0.4, 0.5) is 0 Å². The van der Waals surface area contributed by atoms with Gasteiger partial charge < -0.3 is 10.0 Å². The molecule has 1 saturated heterocycles. The fourth-order valence-corrected chi connectivity index (χ4v) is 5.58. The summed E-state index contributed by atoms with van der Waals surface area (Å²) in [6.45, 7) is 0. The fraction of sp³-hybridized carbons (Fsp3) is 0.562. The summed E-state index contributed by atoms with van der Waals surface area (Å²) in [6.07, 6.45) is 5.79. The van der Waals surface area contributed by atoms with E-state index in [1.807, 2.05) is 0 Å². The largest absolute Gasteiger partial charge is 0.366 e. The summed E-state index contributed by atoms with van der Waals surface area (Å²) in [5.74, 6) is 0.362. The van der Waals surface area contributed by atoms with Gasteiger partial charge in [-0.05, 0) is 25.0 Å². The van der Waals surface area contributed by atoms with Crippen LogP contribution in [0.2, 0.25) is 5.02 Å². The molecule has 3 N–H and O–H groups in total. The molecule has 0 bridgehead atoms. The quantitative estimate of drug-likeness (QED) is 0.808. The first-order valence-electron chi connectivity index (χ1n) is 8.21. The number of amidine groups is 1. The third kappa shape index (κ3) is 3.83. The highest BCUT2D eigenvalue weighted by molar-refractivity contribution is 8.14. The van der Waals surface area contributed by atoms with Gasteiger partial charge in [0.05, 0.1) is 16.8 Å². The highest BCUT2D eigenvalue weighted by Crippen LogP contribution is 2.40. The summed E-state index contributed by atoms with van der Waals surface area (Å²) in [5, 5.41) is 17.2. The number of primary sulfonamides is 1. The number of halogens is 1. The maximum absolute atomic E-state index is 11.7. The van der Waals surface area contributed by atoms with E-state index in [0.717, 1.165) is 18.0 Å². The second kappa shape index (κ2) is 7.08. The molecule has 1 aliphatic carbocycles. The van der Waals surface area contributed by atoms with Crippen LogP contribution in [-0.2, 0) is 15.7 Å². The minimum atomic E-state index is -3.96. The van der Waals surface area contributed by atoms with Gasteiger partial charge in [-0.3, -0.25) is 4.99 Å². The number of nitrogens with two attached hydrogens (primary N) is 1. The average molecular weight is 404 g/mol. The van der Waals surface area contributed by atoms with Crippen LogP contribution in [0, 0.1) is 0 Å². The molecule has 2 fully saturated rings. The molecule has 1 aromatic carbocycles. The number of rotatable bonds is 3. The maximum atomic E-state index is 11.7. The number of aliphatic hydroxyl groups is 1. The van der Waals surface area contributed by atoms with Crippen LogP contribution in [0.1, 0.15) is 37.7 Å². The Morgan fingerprint density at radius 1 is 1.36 bits per heavy atom. The van der Waals surface area contributed by atoms with Crippen molar-refractivity contribution in [2.45, 2.75) is 48.8 Å². The molecule has 1 aromatic rings. The topological polar surface area (TPSA) is 96.0 Å².